The molecule has 2 rings (SSSR count). The van der Waals surface area contributed by atoms with Crippen molar-refractivity contribution in [2.24, 2.45) is 17.8 Å². The fourth-order valence-corrected chi connectivity index (χ4v) is 1.95. The van der Waals surface area contributed by atoms with E-state index in [-0.39, 0.29) is 0 Å². The normalized spacial score (nSPS) is 45.9. The highest BCUT2D eigenvalue weighted by Crippen LogP contribution is 2.52. The first-order valence-corrected chi connectivity index (χ1v) is 3.65. The molecule has 0 bridgehead atoms. The van der Waals surface area contributed by atoms with Crippen LogP contribution in [-0.4, -0.2) is 7.85 Å². The Hall–Kier alpha value is -0.455. The maximum Gasteiger partial charge on any atom is 0.134 e. The van der Waals surface area contributed by atoms with Gasteiger partial charge in [0.05, 0.1) is 0 Å². The van der Waals surface area contributed by atoms with Crippen LogP contribution in [0.1, 0.15) is 6.92 Å². The molecule has 0 aromatic carbocycles. The maximum atomic E-state index is 2.34. The van der Waals surface area contributed by atoms with Gasteiger partial charge in [-0.1, -0.05) is 25.2 Å². The minimum atomic E-state index is 0.898. The van der Waals surface area contributed by atoms with E-state index in [0.717, 1.165) is 17.8 Å². The van der Waals surface area contributed by atoms with E-state index in [1.165, 1.54) is 0 Å². The lowest BCUT2D eigenvalue weighted by atomic mass is 9.87. The summed E-state index contributed by atoms with van der Waals surface area (Å²) in [6, 6.07) is 0. The Morgan fingerprint density at radius 1 is 1.56 bits per heavy atom. The van der Waals surface area contributed by atoms with Crippen LogP contribution in [0.2, 0.25) is 0 Å². The van der Waals surface area contributed by atoms with Crippen LogP contribution in [0.25, 0.3) is 0 Å². The van der Waals surface area contributed by atoms with Crippen molar-refractivity contribution in [2.75, 3.05) is 0 Å². The fourth-order valence-electron chi connectivity index (χ4n) is 1.95. The van der Waals surface area contributed by atoms with E-state index in [4.69, 9.17) is 0 Å². The predicted molar refractivity (Wildman–Crippen MR) is 41.9 cm³/mol. The third-order valence-corrected chi connectivity index (χ3v) is 2.67. The predicted octanol–water partition coefficient (Wildman–Crippen LogP) is 0.955. The standard InChI is InChI=1S/C8H11B/c1-5-6-3-2-4-7(9)8(5)6/h2-6,8H,9H2,1H3. The van der Waals surface area contributed by atoms with Gasteiger partial charge in [0.1, 0.15) is 7.85 Å². The number of allylic oxidation sites excluding steroid dienone is 4. The second-order valence-corrected chi connectivity index (χ2v) is 3.26. The van der Waals surface area contributed by atoms with Gasteiger partial charge in [0, 0.05) is 0 Å². The Kier molecular flexibility index (Phi) is 0.906. The molecule has 0 heterocycles. The molecule has 0 nitrogen and oxygen atoms in total. The SMILES string of the molecule is BC1=CC=CC2C(C)C12. The zero-order valence-electron chi connectivity index (χ0n) is 5.96. The summed E-state index contributed by atoms with van der Waals surface area (Å²) in [6.07, 6.45) is 6.77. The molecule has 2 aliphatic rings. The Morgan fingerprint density at radius 2 is 2.33 bits per heavy atom. The lowest BCUT2D eigenvalue weighted by Crippen LogP contribution is -1.89. The van der Waals surface area contributed by atoms with Crippen molar-refractivity contribution in [2.45, 2.75) is 6.92 Å². The number of hydrogen-bond acceptors (Lipinski definition) is 0. The van der Waals surface area contributed by atoms with E-state index in [1.807, 2.05) is 0 Å². The minimum absolute atomic E-state index is 0.898. The van der Waals surface area contributed by atoms with Crippen molar-refractivity contribution < 1.29 is 0 Å². The highest BCUT2D eigenvalue weighted by Gasteiger charge is 2.45. The zero-order valence-corrected chi connectivity index (χ0v) is 5.96. The van der Waals surface area contributed by atoms with Gasteiger partial charge in [0.25, 0.3) is 0 Å². The van der Waals surface area contributed by atoms with Crippen LogP contribution in [0, 0.1) is 17.8 Å². The first-order valence-electron chi connectivity index (χ1n) is 3.65. The van der Waals surface area contributed by atoms with Gasteiger partial charge in [-0.3, -0.25) is 0 Å². The van der Waals surface area contributed by atoms with Gasteiger partial charge >= 0.3 is 0 Å². The summed E-state index contributed by atoms with van der Waals surface area (Å²) >= 11 is 0. The Morgan fingerprint density at radius 3 is 2.89 bits per heavy atom. The van der Waals surface area contributed by atoms with Gasteiger partial charge in [-0.2, -0.15) is 0 Å². The number of rotatable bonds is 0. The number of fused-ring (bicyclic) bond motifs is 1. The topological polar surface area (TPSA) is 0 Å². The third-order valence-electron chi connectivity index (χ3n) is 2.67. The van der Waals surface area contributed by atoms with Crippen LogP contribution >= 0.6 is 0 Å². The zero-order chi connectivity index (χ0) is 6.43. The van der Waals surface area contributed by atoms with Gasteiger partial charge in [-0.05, 0) is 17.8 Å². The quantitative estimate of drug-likeness (QED) is 0.415. The van der Waals surface area contributed by atoms with Crippen molar-refractivity contribution >= 4 is 7.85 Å². The molecular weight excluding hydrogens is 107 g/mol. The molecule has 1 fully saturated rings. The van der Waals surface area contributed by atoms with E-state index in [1.54, 1.807) is 5.47 Å². The smallest absolute Gasteiger partial charge is 0.106 e. The second-order valence-electron chi connectivity index (χ2n) is 3.26. The molecule has 0 aliphatic heterocycles. The average Bonchev–Trinajstić information content (AvgIpc) is 2.45. The van der Waals surface area contributed by atoms with Gasteiger partial charge in [0.15, 0.2) is 0 Å². The Labute approximate surface area is 57.1 Å². The van der Waals surface area contributed by atoms with Crippen LogP contribution in [0.3, 0.4) is 0 Å². The molecule has 3 atom stereocenters. The summed E-state index contributed by atoms with van der Waals surface area (Å²) in [7, 11) is 2.24. The van der Waals surface area contributed by atoms with E-state index >= 15 is 0 Å². The van der Waals surface area contributed by atoms with Crippen molar-refractivity contribution in [3.05, 3.63) is 23.7 Å². The first-order chi connectivity index (χ1) is 4.30. The first kappa shape index (κ1) is 5.34. The molecule has 1 heteroatoms. The molecular formula is C8H11B. The summed E-state index contributed by atoms with van der Waals surface area (Å²) in [5.41, 5.74) is 1.58. The van der Waals surface area contributed by atoms with Crippen molar-refractivity contribution in [3.8, 4) is 0 Å². The highest BCUT2D eigenvalue weighted by molar-refractivity contribution is 6.22. The molecule has 3 unspecified atom stereocenters. The Balaban J connectivity index is 2.28. The third kappa shape index (κ3) is 0.607. The molecule has 9 heavy (non-hydrogen) atoms. The van der Waals surface area contributed by atoms with E-state index in [0.29, 0.717) is 0 Å². The van der Waals surface area contributed by atoms with Crippen molar-refractivity contribution in [1.29, 1.82) is 0 Å². The lowest BCUT2D eigenvalue weighted by Gasteiger charge is -1.98. The molecule has 0 N–H and O–H groups in total. The summed E-state index contributed by atoms with van der Waals surface area (Å²) < 4.78 is 0. The summed E-state index contributed by atoms with van der Waals surface area (Å²) in [5, 5.41) is 0. The van der Waals surface area contributed by atoms with E-state index < -0.39 is 0 Å². The minimum Gasteiger partial charge on any atom is -0.106 e. The van der Waals surface area contributed by atoms with Crippen LogP contribution < -0.4 is 0 Å². The lowest BCUT2D eigenvalue weighted by molar-refractivity contribution is 0.880. The monoisotopic (exact) mass is 118 g/mol. The summed E-state index contributed by atoms with van der Waals surface area (Å²) in [4.78, 5) is 0. The molecule has 0 spiro atoms. The van der Waals surface area contributed by atoms with Crippen LogP contribution in [0.4, 0.5) is 0 Å². The Bertz CT molecular complexity index is 191. The molecule has 0 aromatic rings. The highest BCUT2D eigenvalue weighted by atomic mass is 14.5. The van der Waals surface area contributed by atoms with Crippen LogP contribution in [-0.2, 0) is 0 Å². The number of hydrogen-bond donors (Lipinski definition) is 0. The van der Waals surface area contributed by atoms with E-state index in [9.17, 15) is 0 Å². The molecule has 0 amide bonds. The molecule has 2 aliphatic carbocycles. The maximum absolute atomic E-state index is 2.34. The molecule has 0 radical (unpaired) electrons. The molecule has 1 saturated carbocycles. The fraction of sp³-hybridized carbons (Fsp3) is 0.500. The van der Waals surface area contributed by atoms with Crippen LogP contribution in [0.5, 0.6) is 0 Å². The second kappa shape index (κ2) is 1.53. The van der Waals surface area contributed by atoms with Gasteiger partial charge in [-0.15, -0.1) is 5.47 Å². The van der Waals surface area contributed by atoms with Gasteiger partial charge in [-0.25, -0.2) is 0 Å². The van der Waals surface area contributed by atoms with Crippen LogP contribution in [0.15, 0.2) is 23.7 Å². The van der Waals surface area contributed by atoms with E-state index in [2.05, 4.69) is 33.0 Å². The molecule has 0 aromatic heterocycles. The average molecular weight is 118 g/mol. The van der Waals surface area contributed by atoms with Gasteiger partial charge < -0.3 is 0 Å². The van der Waals surface area contributed by atoms with Crippen molar-refractivity contribution in [3.63, 3.8) is 0 Å². The molecule has 0 saturated heterocycles. The largest absolute Gasteiger partial charge is 0.134 e. The summed E-state index contributed by atoms with van der Waals surface area (Å²) in [5.74, 6) is 2.74. The van der Waals surface area contributed by atoms with Gasteiger partial charge in [0.2, 0.25) is 0 Å². The van der Waals surface area contributed by atoms with Crippen molar-refractivity contribution in [1.82, 2.24) is 0 Å². The molecule has 46 valence electrons. The summed E-state index contributed by atoms with van der Waals surface area (Å²) in [6.45, 7) is 2.34.